The summed E-state index contributed by atoms with van der Waals surface area (Å²) in [5.74, 6) is 0.209. The fraction of sp³-hybridized carbons (Fsp3) is 0.182. The first kappa shape index (κ1) is 19.8. The van der Waals surface area contributed by atoms with Crippen molar-refractivity contribution < 1.29 is 22.7 Å². The minimum atomic E-state index is -3.65. The fourth-order valence-corrected chi connectivity index (χ4v) is 5.61. The normalized spacial score (nSPS) is 13.4. The largest absolute Gasteiger partial charge is 0.486 e. The van der Waals surface area contributed by atoms with E-state index in [1.54, 1.807) is 6.07 Å². The number of anilines is 1. The number of aromatic nitrogens is 1. The molecule has 1 aliphatic heterocycles. The van der Waals surface area contributed by atoms with Gasteiger partial charge in [-0.3, -0.25) is 4.79 Å². The van der Waals surface area contributed by atoms with Gasteiger partial charge in [0.15, 0.2) is 26.5 Å². The first-order chi connectivity index (χ1) is 15.0. The van der Waals surface area contributed by atoms with E-state index in [1.807, 2.05) is 36.4 Å². The fourth-order valence-electron chi connectivity index (χ4n) is 3.46. The van der Waals surface area contributed by atoms with Crippen molar-refractivity contribution >= 4 is 53.2 Å². The standard InChI is InChI=1S/C22H18N2O5S2/c25-20(9-12-31(26,27)15-6-7-17-18(13-15)29-11-10-28-17)23-22-24-21-16-4-2-1-3-14(16)5-8-19(21)30-22/h1-8,13H,9-12H2,(H,23,24,25). The van der Waals surface area contributed by atoms with E-state index >= 15 is 0 Å². The minimum absolute atomic E-state index is 0.107. The van der Waals surface area contributed by atoms with Gasteiger partial charge in [0.2, 0.25) is 5.91 Å². The highest BCUT2D eigenvalue weighted by Gasteiger charge is 2.21. The third kappa shape index (κ3) is 3.94. The number of nitrogens with zero attached hydrogens (tertiary/aromatic N) is 1. The van der Waals surface area contributed by atoms with E-state index in [0.29, 0.717) is 29.8 Å². The van der Waals surface area contributed by atoms with Crippen LogP contribution in [0.15, 0.2) is 59.5 Å². The lowest BCUT2D eigenvalue weighted by Crippen LogP contribution is -2.18. The van der Waals surface area contributed by atoms with Gasteiger partial charge in [-0.25, -0.2) is 13.4 Å². The molecule has 0 saturated heterocycles. The second kappa shape index (κ2) is 7.82. The van der Waals surface area contributed by atoms with Crippen LogP contribution < -0.4 is 14.8 Å². The minimum Gasteiger partial charge on any atom is -0.486 e. The Morgan fingerprint density at radius 2 is 1.84 bits per heavy atom. The Kier molecular flexibility index (Phi) is 4.99. The number of hydrogen-bond donors (Lipinski definition) is 1. The zero-order valence-electron chi connectivity index (χ0n) is 16.3. The number of fused-ring (bicyclic) bond motifs is 4. The van der Waals surface area contributed by atoms with E-state index in [-0.39, 0.29) is 17.1 Å². The number of hydrogen-bond acceptors (Lipinski definition) is 7. The number of rotatable bonds is 5. The molecule has 1 N–H and O–H groups in total. The van der Waals surface area contributed by atoms with Crippen LogP contribution in [-0.2, 0) is 14.6 Å². The average Bonchev–Trinajstić information content (AvgIpc) is 3.20. The molecule has 0 bridgehead atoms. The monoisotopic (exact) mass is 454 g/mol. The molecule has 0 spiro atoms. The van der Waals surface area contributed by atoms with Crippen molar-refractivity contribution in [2.75, 3.05) is 24.3 Å². The van der Waals surface area contributed by atoms with Crippen molar-refractivity contribution in [3.05, 3.63) is 54.6 Å². The van der Waals surface area contributed by atoms with Gasteiger partial charge < -0.3 is 14.8 Å². The summed E-state index contributed by atoms with van der Waals surface area (Å²) in [5.41, 5.74) is 0.822. The number of benzene rings is 3. The van der Waals surface area contributed by atoms with Crippen LogP contribution in [-0.4, -0.2) is 38.3 Å². The summed E-state index contributed by atoms with van der Waals surface area (Å²) in [5, 5.41) is 5.27. The highest BCUT2D eigenvalue weighted by molar-refractivity contribution is 7.91. The summed E-state index contributed by atoms with van der Waals surface area (Å²) in [7, 11) is -3.65. The van der Waals surface area contributed by atoms with Gasteiger partial charge in [-0.15, -0.1) is 0 Å². The summed E-state index contributed by atoms with van der Waals surface area (Å²) in [6.45, 7) is 0.803. The highest BCUT2D eigenvalue weighted by Crippen LogP contribution is 2.33. The number of ether oxygens (including phenoxy) is 2. The van der Waals surface area contributed by atoms with E-state index in [4.69, 9.17) is 9.47 Å². The van der Waals surface area contributed by atoms with E-state index in [2.05, 4.69) is 10.3 Å². The maximum Gasteiger partial charge on any atom is 0.227 e. The van der Waals surface area contributed by atoms with E-state index in [0.717, 1.165) is 21.0 Å². The van der Waals surface area contributed by atoms with Crippen LogP contribution in [0.3, 0.4) is 0 Å². The van der Waals surface area contributed by atoms with Crippen molar-refractivity contribution in [2.24, 2.45) is 0 Å². The van der Waals surface area contributed by atoms with Crippen LogP contribution >= 0.6 is 11.3 Å². The zero-order chi connectivity index (χ0) is 21.4. The number of nitrogens with one attached hydrogen (secondary N) is 1. The summed E-state index contributed by atoms with van der Waals surface area (Å²) in [4.78, 5) is 17.1. The topological polar surface area (TPSA) is 94.6 Å². The molecule has 0 fully saturated rings. The first-order valence-electron chi connectivity index (χ1n) is 9.70. The lowest BCUT2D eigenvalue weighted by molar-refractivity contribution is -0.115. The molecule has 9 heteroatoms. The molecule has 31 heavy (non-hydrogen) atoms. The molecule has 0 radical (unpaired) electrons. The van der Waals surface area contributed by atoms with Crippen LogP contribution in [0.2, 0.25) is 0 Å². The van der Waals surface area contributed by atoms with Gasteiger partial charge in [-0.2, -0.15) is 0 Å². The molecule has 0 atom stereocenters. The Labute approximate surface area is 182 Å². The predicted molar refractivity (Wildman–Crippen MR) is 120 cm³/mol. The van der Waals surface area contributed by atoms with E-state index < -0.39 is 15.7 Å². The number of carbonyl (C=O) groups excluding carboxylic acids is 1. The molecular weight excluding hydrogens is 436 g/mol. The van der Waals surface area contributed by atoms with Crippen molar-refractivity contribution in [3.8, 4) is 11.5 Å². The third-order valence-corrected chi connectivity index (χ3v) is 7.65. The summed E-state index contributed by atoms with van der Waals surface area (Å²) < 4.78 is 37.2. The van der Waals surface area contributed by atoms with Crippen LogP contribution in [0.4, 0.5) is 5.13 Å². The van der Waals surface area contributed by atoms with Crippen molar-refractivity contribution in [1.29, 1.82) is 0 Å². The quantitative estimate of drug-likeness (QED) is 0.489. The van der Waals surface area contributed by atoms with E-state index in [1.165, 1.54) is 23.5 Å². The van der Waals surface area contributed by atoms with Gasteiger partial charge in [0.1, 0.15) is 13.2 Å². The Morgan fingerprint density at radius 3 is 2.71 bits per heavy atom. The molecule has 4 aromatic rings. The molecule has 0 aliphatic carbocycles. The first-order valence-corrected chi connectivity index (χ1v) is 12.2. The molecule has 2 heterocycles. The zero-order valence-corrected chi connectivity index (χ0v) is 18.0. The van der Waals surface area contributed by atoms with Gasteiger partial charge in [0, 0.05) is 17.9 Å². The van der Waals surface area contributed by atoms with Crippen molar-refractivity contribution in [1.82, 2.24) is 4.98 Å². The Morgan fingerprint density at radius 1 is 1.03 bits per heavy atom. The number of sulfone groups is 1. The molecule has 1 amide bonds. The number of amides is 1. The lowest BCUT2D eigenvalue weighted by atomic mass is 10.1. The highest BCUT2D eigenvalue weighted by atomic mass is 32.2. The predicted octanol–water partition coefficient (Wildman–Crippen LogP) is 4.02. The maximum atomic E-state index is 12.7. The van der Waals surface area contributed by atoms with E-state index in [9.17, 15) is 13.2 Å². The van der Waals surface area contributed by atoms with Gasteiger partial charge in [-0.1, -0.05) is 41.7 Å². The van der Waals surface area contributed by atoms with Crippen molar-refractivity contribution in [2.45, 2.75) is 11.3 Å². The number of thiazole rings is 1. The molecule has 3 aromatic carbocycles. The molecule has 0 unspecified atom stereocenters. The van der Waals surface area contributed by atoms with Gasteiger partial charge in [-0.05, 0) is 23.6 Å². The summed E-state index contributed by atoms with van der Waals surface area (Å²) >= 11 is 1.36. The second-order valence-corrected chi connectivity index (χ2v) is 10.2. The summed E-state index contributed by atoms with van der Waals surface area (Å²) in [6, 6.07) is 16.4. The van der Waals surface area contributed by atoms with Crippen molar-refractivity contribution in [3.63, 3.8) is 0 Å². The molecule has 1 aliphatic rings. The molecule has 5 rings (SSSR count). The van der Waals surface area contributed by atoms with Crippen LogP contribution in [0.1, 0.15) is 6.42 Å². The maximum absolute atomic E-state index is 12.7. The number of carbonyl (C=O) groups is 1. The Hall–Kier alpha value is -3.17. The molecule has 1 aromatic heterocycles. The molecular formula is C22H18N2O5S2. The van der Waals surface area contributed by atoms with Crippen LogP contribution in [0.25, 0.3) is 21.0 Å². The smallest absolute Gasteiger partial charge is 0.227 e. The van der Waals surface area contributed by atoms with Gasteiger partial charge in [0.25, 0.3) is 0 Å². The van der Waals surface area contributed by atoms with Crippen LogP contribution in [0.5, 0.6) is 11.5 Å². The average molecular weight is 455 g/mol. The SMILES string of the molecule is O=C(CCS(=O)(=O)c1ccc2c(c1)OCCO2)Nc1nc2c(ccc3ccccc32)s1. The Balaban J connectivity index is 1.29. The third-order valence-electron chi connectivity index (χ3n) is 5.00. The van der Waals surface area contributed by atoms with Crippen LogP contribution in [0, 0.1) is 0 Å². The van der Waals surface area contributed by atoms with Gasteiger partial charge >= 0.3 is 0 Å². The molecule has 0 saturated carbocycles. The lowest BCUT2D eigenvalue weighted by Gasteiger charge is -2.18. The molecule has 7 nitrogen and oxygen atoms in total. The Bertz CT molecular complexity index is 1410. The molecule has 158 valence electrons. The van der Waals surface area contributed by atoms with Gasteiger partial charge in [0.05, 0.1) is 20.9 Å². The second-order valence-electron chi connectivity index (χ2n) is 7.07. The summed E-state index contributed by atoms with van der Waals surface area (Å²) in [6.07, 6.45) is -0.173.